The van der Waals surface area contributed by atoms with Gasteiger partial charge < -0.3 is 25.1 Å². The van der Waals surface area contributed by atoms with Crippen LogP contribution < -0.4 is 26.3 Å². The minimum absolute atomic E-state index is 0.167. The molecule has 1 fully saturated rings. The number of nitrogens with one attached hydrogen (secondary N) is 3. The van der Waals surface area contributed by atoms with Gasteiger partial charge in [-0.05, 0) is 31.4 Å². The van der Waals surface area contributed by atoms with Crippen LogP contribution in [-0.4, -0.2) is 44.5 Å². The number of fused-ring (bicyclic) bond motifs is 1. The number of aryl methyl sites for hydroxylation is 1. The number of ether oxygens (including phenoxy) is 1. The first-order valence-corrected chi connectivity index (χ1v) is 10.3. The van der Waals surface area contributed by atoms with E-state index >= 15 is 0 Å². The number of hydrogen-bond donors (Lipinski definition) is 3. The predicted octanol–water partition coefficient (Wildman–Crippen LogP) is 1.06. The summed E-state index contributed by atoms with van der Waals surface area (Å²) in [5.74, 6) is -1.33. The maximum atomic E-state index is 12.4. The fourth-order valence-electron chi connectivity index (χ4n) is 3.51. The zero-order valence-corrected chi connectivity index (χ0v) is 18.1. The van der Waals surface area contributed by atoms with Crippen LogP contribution in [0.15, 0.2) is 21.3 Å². The normalized spacial score (nSPS) is 16.0. The van der Waals surface area contributed by atoms with Crippen LogP contribution in [0.2, 0.25) is 5.02 Å². The molecule has 0 bridgehead atoms. The number of piperidine rings is 1. The number of halogens is 1. The van der Waals surface area contributed by atoms with Gasteiger partial charge in [-0.15, -0.1) is 0 Å². The lowest BCUT2D eigenvalue weighted by molar-refractivity contribution is -0.137. The number of rotatable bonds is 7. The molecule has 31 heavy (non-hydrogen) atoms. The number of carbonyl (C=O) groups is 3. The molecule has 166 valence electrons. The van der Waals surface area contributed by atoms with Crippen molar-refractivity contribution in [2.24, 2.45) is 5.92 Å². The van der Waals surface area contributed by atoms with Crippen LogP contribution in [0.1, 0.15) is 24.0 Å². The summed E-state index contributed by atoms with van der Waals surface area (Å²) >= 11 is 6.16. The van der Waals surface area contributed by atoms with Gasteiger partial charge in [0, 0.05) is 31.1 Å². The van der Waals surface area contributed by atoms with Gasteiger partial charge in [0.25, 0.3) is 0 Å². The highest BCUT2D eigenvalue weighted by Crippen LogP contribution is 2.31. The Balaban J connectivity index is 1.58. The van der Waals surface area contributed by atoms with Gasteiger partial charge >= 0.3 is 5.63 Å². The topological polar surface area (TPSA) is 127 Å². The molecule has 1 aromatic carbocycles. The predicted molar refractivity (Wildman–Crippen MR) is 114 cm³/mol. The zero-order chi connectivity index (χ0) is 22.5. The third-order valence-electron chi connectivity index (χ3n) is 5.25. The fraction of sp³-hybridized carbons (Fsp3) is 0.429. The molecule has 3 N–H and O–H groups in total. The molecule has 1 aromatic heterocycles. The maximum absolute atomic E-state index is 12.4. The first-order valence-electron chi connectivity index (χ1n) is 9.93. The smallest absolute Gasteiger partial charge is 0.340 e. The van der Waals surface area contributed by atoms with E-state index < -0.39 is 11.5 Å². The maximum Gasteiger partial charge on any atom is 0.340 e. The van der Waals surface area contributed by atoms with Crippen molar-refractivity contribution in [1.29, 1.82) is 0 Å². The number of carbonyl (C=O) groups excluding carboxylic acids is 3. The summed E-state index contributed by atoms with van der Waals surface area (Å²) in [6.45, 7) is 2.65. The van der Waals surface area contributed by atoms with Crippen LogP contribution in [0.25, 0.3) is 11.0 Å². The van der Waals surface area contributed by atoms with Gasteiger partial charge in [0.2, 0.25) is 17.7 Å². The molecule has 0 aliphatic carbocycles. The molecule has 1 atom stereocenters. The van der Waals surface area contributed by atoms with Crippen LogP contribution in [0, 0.1) is 12.8 Å². The van der Waals surface area contributed by atoms with E-state index in [-0.39, 0.29) is 42.8 Å². The summed E-state index contributed by atoms with van der Waals surface area (Å²) in [4.78, 5) is 48.5. The van der Waals surface area contributed by atoms with Crippen molar-refractivity contribution in [3.63, 3.8) is 0 Å². The molecule has 1 aliphatic heterocycles. The van der Waals surface area contributed by atoms with Crippen LogP contribution >= 0.6 is 11.6 Å². The summed E-state index contributed by atoms with van der Waals surface area (Å²) in [7, 11) is 1.46. The van der Waals surface area contributed by atoms with Gasteiger partial charge in [0.05, 0.1) is 24.1 Å². The van der Waals surface area contributed by atoms with Crippen LogP contribution in [0.3, 0.4) is 0 Å². The average Bonchev–Trinajstić information content (AvgIpc) is 2.74. The Morgan fingerprint density at radius 3 is 2.71 bits per heavy atom. The summed E-state index contributed by atoms with van der Waals surface area (Å²) in [5.41, 5.74) is 0.542. The lowest BCUT2D eigenvalue weighted by Crippen LogP contribution is -2.46. The van der Waals surface area contributed by atoms with Crippen LogP contribution in [-0.2, 0) is 20.8 Å². The molecular formula is C21H24ClN3O6. The third-order valence-corrected chi connectivity index (χ3v) is 5.54. The number of benzene rings is 1. The highest BCUT2D eigenvalue weighted by atomic mass is 35.5. The van der Waals surface area contributed by atoms with Crippen molar-refractivity contribution in [3.8, 4) is 5.75 Å². The van der Waals surface area contributed by atoms with Crippen LogP contribution in [0.4, 0.5) is 0 Å². The Morgan fingerprint density at radius 1 is 1.26 bits per heavy atom. The average molecular weight is 450 g/mol. The molecule has 10 heteroatoms. The Kier molecular flexibility index (Phi) is 7.17. The highest BCUT2D eigenvalue weighted by Gasteiger charge is 2.28. The van der Waals surface area contributed by atoms with Gasteiger partial charge in [-0.2, -0.15) is 0 Å². The Morgan fingerprint density at radius 2 is 2.00 bits per heavy atom. The van der Waals surface area contributed by atoms with Crippen molar-refractivity contribution in [2.45, 2.75) is 26.2 Å². The minimum Gasteiger partial charge on any atom is -0.495 e. The summed E-state index contributed by atoms with van der Waals surface area (Å²) in [6.07, 6.45) is 1.09. The third kappa shape index (κ3) is 5.16. The van der Waals surface area contributed by atoms with Gasteiger partial charge in [-0.25, -0.2) is 4.79 Å². The summed E-state index contributed by atoms with van der Waals surface area (Å²) in [5, 5.41) is 8.94. The van der Waals surface area contributed by atoms with E-state index in [0.29, 0.717) is 40.3 Å². The summed E-state index contributed by atoms with van der Waals surface area (Å²) < 4.78 is 10.5. The van der Waals surface area contributed by atoms with Crippen molar-refractivity contribution in [2.75, 3.05) is 26.7 Å². The Hall–Kier alpha value is -3.07. The number of hydrogen-bond acceptors (Lipinski definition) is 6. The first kappa shape index (κ1) is 22.6. The Labute approximate surface area is 183 Å². The van der Waals surface area contributed by atoms with Crippen molar-refractivity contribution in [1.82, 2.24) is 16.0 Å². The van der Waals surface area contributed by atoms with E-state index in [4.69, 9.17) is 20.8 Å². The molecule has 2 heterocycles. The molecule has 3 amide bonds. The zero-order valence-electron chi connectivity index (χ0n) is 17.3. The van der Waals surface area contributed by atoms with Crippen molar-refractivity contribution < 1.29 is 23.5 Å². The van der Waals surface area contributed by atoms with E-state index in [9.17, 15) is 19.2 Å². The molecule has 9 nitrogen and oxygen atoms in total. The standard InChI is InChI=1S/C21H24ClN3O6/c1-11-13-8-15(22)17(30-2)10-16(13)31-21(29)14(11)9-18(26)23-6-7-25-20(28)12-4-3-5-24-19(12)27/h8,10,12H,3-7,9H2,1-2H3,(H,23,26)(H,24,27)(H,25,28)/t12-/m0/s1. The molecule has 1 aliphatic rings. The molecule has 0 unspecified atom stereocenters. The second-order valence-electron chi connectivity index (χ2n) is 7.28. The molecule has 3 rings (SSSR count). The number of methoxy groups -OCH3 is 1. The Bertz CT molecular complexity index is 1080. The molecular weight excluding hydrogens is 426 g/mol. The molecule has 0 radical (unpaired) electrons. The van der Waals surface area contributed by atoms with E-state index in [0.717, 1.165) is 6.42 Å². The molecule has 1 saturated heterocycles. The lowest BCUT2D eigenvalue weighted by atomic mass is 9.98. The fourth-order valence-corrected chi connectivity index (χ4v) is 3.75. The highest BCUT2D eigenvalue weighted by molar-refractivity contribution is 6.32. The van der Waals surface area contributed by atoms with Gasteiger partial charge in [0.1, 0.15) is 17.3 Å². The van der Waals surface area contributed by atoms with E-state index in [1.165, 1.54) is 13.2 Å². The first-order chi connectivity index (χ1) is 14.8. The van der Waals surface area contributed by atoms with E-state index in [1.807, 2.05) is 0 Å². The van der Waals surface area contributed by atoms with E-state index in [2.05, 4.69) is 16.0 Å². The molecule has 2 aromatic rings. The largest absolute Gasteiger partial charge is 0.495 e. The quantitative estimate of drug-likeness (QED) is 0.329. The SMILES string of the molecule is COc1cc2oc(=O)c(CC(=O)NCCNC(=O)[C@H]3CCCNC3=O)c(C)c2cc1Cl. The lowest BCUT2D eigenvalue weighted by Gasteiger charge is -2.21. The number of amides is 3. The summed E-state index contributed by atoms with van der Waals surface area (Å²) in [6, 6.07) is 3.16. The second kappa shape index (κ2) is 9.82. The van der Waals surface area contributed by atoms with Crippen LogP contribution in [0.5, 0.6) is 5.75 Å². The second-order valence-corrected chi connectivity index (χ2v) is 7.69. The van der Waals surface area contributed by atoms with Gasteiger partial charge in [-0.3, -0.25) is 14.4 Å². The molecule has 0 saturated carbocycles. The van der Waals surface area contributed by atoms with Gasteiger partial charge in [0.15, 0.2) is 0 Å². The van der Waals surface area contributed by atoms with E-state index in [1.54, 1.807) is 13.0 Å². The van der Waals surface area contributed by atoms with Crippen molar-refractivity contribution in [3.05, 3.63) is 38.7 Å². The van der Waals surface area contributed by atoms with Gasteiger partial charge in [-0.1, -0.05) is 11.6 Å². The monoisotopic (exact) mass is 449 g/mol. The molecule has 0 spiro atoms. The van der Waals surface area contributed by atoms with Crippen molar-refractivity contribution >= 4 is 40.3 Å². The minimum atomic E-state index is -0.695.